The Kier molecular flexibility index (Phi) is 4.20. The van der Waals surface area contributed by atoms with Crippen molar-refractivity contribution in [1.82, 2.24) is 9.80 Å². The molecule has 0 bridgehead atoms. The number of likely N-dealkylation sites (N-methyl/N-ethyl adjacent to an activating group) is 2. The fourth-order valence-corrected chi connectivity index (χ4v) is 3.98. The molecule has 1 aliphatic heterocycles. The smallest absolute Gasteiger partial charge is 0.324 e. The fourth-order valence-electron chi connectivity index (χ4n) is 3.98. The molecule has 2 amide bonds. The average Bonchev–Trinajstić information content (AvgIpc) is 3.02. The first-order chi connectivity index (χ1) is 14.5. The van der Waals surface area contributed by atoms with E-state index in [4.69, 9.17) is 0 Å². The Morgan fingerprint density at radius 2 is 1.65 bits per heavy atom. The summed E-state index contributed by atoms with van der Waals surface area (Å²) in [5.41, 5.74) is -2.90. The van der Waals surface area contributed by atoms with Crippen LogP contribution in [0.25, 0.3) is 0 Å². The third-order valence-electron chi connectivity index (χ3n) is 5.60. The number of hydrogen-bond acceptors (Lipinski definition) is 9. The normalized spacial score (nSPS) is 25.5. The maximum Gasteiger partial charge on any atom is 0.324 e. The molecule has 31 heavy (non-hydrogen) atoms. The molecule has 1 heterocycles. The van der Waals surface area contributed by atoms with Crippen LogP contribution in [0, 0.1) is 20.2 Å². The average molecular weight is 428 g/mol. The molecule has 2 aliphatic rings. The largest absolute Gasteiger partial charge is 0.363 e. The van der Waals surface area contributed by atoms with Gasteiger partial charge in [0.15, 0.2) is 0 Å². The summed E-state index contributed by atoms with van der Waals surface area (Å²) in [5.74, 6) is 0. The van der Waals surface area contributed by atoms with Gasteiger partial charge in [0.05, 0.1) is 15.9 Å². The van der Waals surface area contributed by atoms with Crippen molar-refractivity contribution in [2.45, 2.75) is 11.4 Å². The van der Waals surface area contributed by atoms with Crippen molar-refractivity contribution in [2.24, 2.45) is 5.10 Å². The number of nitro groups is 2. The zero-order valence-electron chi connectivity index (χ0n) is 16.2. The van der Waals surface area contributed by atoms with E-state index in [1.54, 1.807) is 18.2 Å². The zero-order valence-corrected chi connectivity index (χ0v) is 16.2. The van der Waals surface area contributed by atoms with Crippen molar-refractivity contribution in [3.05, 3.63) is 73.8 Å². The number of rotatable bonds is 4. The molecule has 1 saturated heterocycles. The standard InChI is InChI=1S/C18H16N6O7/c1-21-16(25)22(2)18(27)15(11-5-3-4-6-12(11)17(18,21)26)20-19-13-8-7-10(23(28)29)9-14(13)24(30)31/h3-9,19,26-27H,1-2H3/b20-15+. The van der Waals surface area contributed by atoms with E-state index in [0.717, 1.165) is 28.0 Å². The monoisotopic (exact) mass is 428 g/mol. The lowest BCUT2D eigenvalue weighted by Gasteiger charge is -2.35. The van der Waals surface area contributed by atoms with Crippen LogP contribution in [0.15, 0.2) is 47.6 Å². The lowest BCUT2D eigenvalue weighted by molar-refractivity contribution is -0.393. The molecule has 160 valence electrons. The molecule has 13 nitrogen and oxygen atoms in total. The maximum atomic E-state index is 12.5. The first-order valence-corrected chi connectivity index (χ1v) is 8.88. The molecular weight excluding hydrogens is 412 g/mol. The van der Waals surface area contributed by atoms with Gasteiger partial charge in [-0.1, -0.05) is 24.3 Å². The summed E-state index contributed by atoms with van der Waals surface area (Å²) in [6.07, 6.45) is 0. The second kappa shape index (κ2) is 6.45. The predicted octanol–water partition coefficient (Wildman–Crippen LogP) is 1.16. The van der Waals surface area contributed by atoms with E-state index >= 15 is 0 Å². The van der Waals surface area contributed by atoms with Gasteiger partial charge in [-0.25, -0.2) is 4.79 Å². The Morgan fingerprint density at radius 3 is 2.29 bits per heavy atom. The third-order valence-corrected chi connectivity index (χ3v) is 5.60. The van der Waals surface area contributed by atoms with Crippen LogP contribution in [0.3, 0.4) is 0 Å². The SMILES string of the molecule is CN1C(=O)N(C)C2(O)c3ccccc3/C(=N\Nc3ccc([N+](=O)[O-])cc3[N+](=O)[O-])C12O. The number of amides is 2. The van der Waals surface area contributed by atoms with Crippen molar-refractivity contribution in [3.63, 3.8) is 0 Å². The lowest BCUT2D eigenvalue weighted by atomic mass is 9.99. The number of hydrazone groups is 1. The number of fused-ring (bicyclic) bond motifs is 3. The van der Waals surface area contributed by atoms with Crippen LogP contribution < -0.4 is 5.43 Å². The van der Waals surface area contributed by atoms with Crippen molar-refractivity contribution in [2.75, 3.05) is 19.5 Å². The van der Waals surface area contributed by atoms with Gasteiger partial charge in [-0.3, -0.25) is 35.5 Å². The van der Waals surface area contributed by atoms with Gasteiger partial charge in [-0.2, -0.15) is 5.10 Å². The van der Waals surface area contributed by atoms with E-state index in [-0.39, 0.29) is 17.0 Å². The summed E-state index contributed by atoms with van der Waals surface area (Å²) in [6.45, 7) is 0. The quantitative estimate of drug-likeness (QED) is 0.480. The molecule has 13 heteroatoms. The molecule has 4 rings (SSSR count). The number of carbonyl (C=O) groups is 1. The number of nitrogens with zero attached hydrogens (tertiary/aromatic N) is 5. The van der Waals surface area contributed by atoms with Gasteiger partial charge in [0.1, 0.15) is 11.4 Å². The van der Waals surface area contributed by atoms with Gasteiger partial charge in [0.2, 0.25) is 11.4 Å². The number of nitrogens with one attached hydrogen (secondary N) is 1. The number of non-ortho nitro benzene ring substituents is 1. The second-order valence-electron chi connectivity index (χ2n) is 7.08. The Labute approximate surface area is 174 Å². The number of hydrogen-bond donors (Lipinski definition) is 3. The van der Waals surface area contributed by atoms with Crippen molar-refractivity contribution >= 4 is 28.8 Å². The summed E-state index contributed by atoms with van der Waals surface area (Å²) in [7, 11) is 2.61. The maximum absolute atomic E-state index is 12.5. The van der Waals surface area contributed by atoms with Crippen LogP contribution in [-0.2, 0) is 5.72 Å². The molecule has 0 radical (unpaired) electrons. The van der Waals surface area contributed by atoms with Crippen LogP contribution in [0.2, 0.25) is 0 Å². The highest BCUT2D eigenvalue weighted by Crippen LogP contribution is 2.52. The topological polar surface area (TPSA) is 175 Å². The summed E-state index contributed by atoms with van der Waals surface area (Å²) < 4.78 is 0. The molecular formula is C18H16N6O7. The minimum Gasteiger partial charge on any atom is -0.363 e. The van der Waals surface area contributed by atoms with Crippen LogP contribution in [0.5, 0.6) is 0 Å². The molecule has 2 unspecified atom stereocenters. The van der Waals surface area contributed by atoms with Crippen molar-refractivity contribution < 1.29 is 24.9 Å². The molecule has 2 aromatic carbocycles. The first-order valence-electron chi connectivity index (χ1n) is 8.88. The summed E-state index contributed by atoms with van der Waals surface area (Å²) in [6, 6.07) is 8.61. The Hall–Kier alpha value is -4.10. The van der Waals surface area contributed by atoms with Gasteiger partial charge in [-0.05, 0) is 6.07 Å². The van der Waals surface area contributed by atoms with Gasteiger partial charge >= 0.3 is 11.7 Å². The zero-order chi connectivity index (χ0) is 22.7. The minimum atomic E-state index is -2.30. The number of carbonyl (C=O) groups excluding carboxylic acids is 1. The number of aliphatic hydroxyl groups is 2. The Balaban J connectivity index is 1.86. The number of nitro benzene ring substituents is 2. The first kappa shape index (κ1) is 20.2. The van der Waals surface area contributed by atoms with E-state index in [2.05, 4.69) is 10.5 Å². The second-order valence-corrected chi connectivity index (χ2v) is 7.08. The Bertz CT molecular complexity index is 1180. The van der Waals surface area contributed by atoms with Crippen LogP contribution >= 0.6 is 0 Å². The predicted molar refractivity (Wildman–Crippen MR) is 106 cm³/mol. The molecule has 2 aromatic rings. The number of urea groups is 1. The summed E-state index contributed by atoms with van der Waals surface area (Å²) in [5, 5.41) is 49.2. The molecule has 2 atom stereocenters. The highest BCUT2D eigenvalue weighted by atomic mass is 16.6. The molecule has 0 spiro atoms. The molecule has 0 saturated carbocycles. The highest BCUT2D eigenvalue weighted by molar-refractivity contribution is 6.15. The lowest BCUT2D eigenvalue weighted by Crippen LogP contribution is -2.59. The van der Waals surface area contributed by atoms with E-state index in [0.29, 0.717) is 5.56 Å². The minimum absolute atomic E-state index is 0.154. The van der Waals surface area contributed by atoms with Crippen LogP contribution in [-0.4, -0.2) is 61.4 Å². The van der Waals surface area contributed by atoms with Gasteiger partial charge in [-0.15, -0.1) is 0 Å². The van der Waals surface area contributed by atoms with Crippen LogP contribution in [0.1, 0.15) is 11.1 Å². The van der Waals surface area contributed by atoms with Crippen LogP contribution in [0.4, 0.5) is 21.9 Å². The molecule has 1 aliphatic carbocycles. The van der Waals surface area contributed by atoms with Crippen molar-refractivity contribution in [3.8, 4) is 0 Å². The molecule has 1 fully saturated rings. The summed E-state index contributed by atoms with van der Waals surface area (Å²) >= 11 is 0. The van der Waals surface area contributed by atoms with E-state index < -0.39 is 38.7 Å². The Morgan fingerprint density at radius 1 is 1.00 bits per heavy atom. The van der Waals surface area contributed by atoms with Gasteiger partial charge in [0, 0.05) is 31.3 Å². The third kappa shape index (κ3) is 2.44. The van der Waals surface area contributed by atoms with E-state index in [1.165, 1.54) is 20.2 Å². The molecule has 0 aromatic heterocycles. The van der Waals surface area contributed by atoms with E-state index in [9.17, 15) is 35.2 Å². The number of benzene rings is 2. The highest BCUT2D eigenvalue weighted by Gasteiger charge is 2.72. The molecule has 3 N–H and O–H groups in total. The fraction of sp³-hybridized carbons (Fsp3) is 0.222. The van der Waals surface area contributed by atoms with E-state index in [1.807, 2.05) is 0 Å². The van der Waals surface area contributed by atoms with Gasteiger partial charge in [0.25, 0.3) is 5.69 Å². The van der Waals surface area contributed by atoms with Gasteiger partial charge < -0.3 is 10.2 Å². The summed E-state index contributed by atoms with van der Waals surface area (Å²) in [4.78, 5) is 35.1. The number of anilines is 1. The van der Waals surface area contributed by atoms with Crippen molar-refractivity contribution in [1.29, 1.82) is 0 Å².